The molecule has 0 spiro atoms. The molecule has 3 nitrogen and oxygen atoms in total. The van der Waals surface area contributed by atoms with Crippen LogP contribution in [0, 0.1) is 5.92 Å². The van der Waals surface area contributed by atoms with Gasteiger partial charge in [-0.2, -0.15) is 0 Å². The minimum Gasteiger partial charge on any atom is -0.330 e. The van der Waals surface area contributed by atoms with Gasteiger partial charge in [0.1, 0.15) is 5.15 Å². The van der Waals surface area contributed by atoms with Crippen LogP contribution in [0.1, 0.15) is 12.1 Å². The summed E-state index contributed by atoms with van der Waals surface area (Å²) < 4.78 is 0. The maximum atomic E-state index is 5.84. The summed E-state index contributed by atoms with van der Waals surface area (Å²) in [5, 5.41) is 0.571. The molecule has 0 amide bonds. The Morgan fingerprint density at radius 3 is 3.07 bits per heavy atom. The van der Waals surface area contributed by atoms with Crippen molar-refractivity contribution in [1.82, 2.24) is 9.88 Å². The first-order chi connectivity index (χ1) is 7.28. The monoisotopic (exact) mass is 225 g/mol. The molecule has 1 aliphatic rings. The van der Waals surface area contributed by atoms with Crippen LogP contribution in [0.4, 0.5) is 0 Å². The highest BCUT2D eigenvalue weighted by Crippen LogP contribution is 2.17. The third kappa shape index (κ3) is 2.91. The number of aromatic nitrogens is 1. The number of likely N-dealkylation sites (tertiary alicyclic amines) is 1. The number of nitrogens with two attached hydrogens (primary N) is 1. The fraction of sp³-hybridized carbons (Fsp3) is 0.545. The predicted molar refractivity (Wildman–Crippen MR) is 61.7 cm³/mol. The summed E-state index contributed by atoms with van der Waals surface area (Å²) in [6, 6.07) is 5.76. The molecule has 1 fully saturated rings. The van der Waals surface area contributed by atoms with E-state index in [-0.39, 0.29) is 0 Å². The molecule has 15 heavy (non-hydrogen) atoms. The highest BCUT2D eigenvalue weighted by molar-refractivity contribution is 6.29. The number of halogens is 1. The highest BCUT2D eigenvalue weighted by atomic mass is 35.5. The van der Waals surface area contributed by atoms with E-state index in [0.29, 0.717) is 11.1 Å². The zero-order chi connectivity index (χ0) is 10.7. The molecule has 1 unspecified atom stereocenters. The van der Waals surface area contributed by atoms with E-state index in [0.717, 1.165) is 31.9 Å². The largest absolute Gasteiger partial charge is 0.330 e. The SMILES string of the molecule is NCC1CCN(Cc2cccc(Cl)n2)C1. The van der Waals surface area contributed by atoms with Gasteiger partial charge in [0.2, 0.25) is 0 Å². The van der Waals surface area contributed by atoms with Gasteiger partial charge in [-0.15, -0.1) is 0 Å². The van der Waals surface area contributed by atoms with E-state index in [2.05, 4.69) is 9.88 Å². The molecule has 4 heteroatoms. The Hall–Kier alpha value is -0.640. The van der Waals surface area contributed by atoms with Crippen molar-refractivity contribution in [2.24, 2.45) is 11.7 Å². The number of pyridine rings is 1. The van der Waals surface area contributed by atoms with E-state index in [9.17, 15) is 0 Å². The smallest absolute Gasteiger partial charge is 0.129 e. The summed E-state index contributed by atoms with van der Waals surface area (Å²) in [4.78, 5) is 6.67. The summed E-state index contributed by atoms with van der Waals surface area (Å²) in [7, 11) is 0. The van der Waals surface area contributed by atoms with E-state index in [1.54, 1.807) is 6.07 Å². The van der Waals surface area contributed by atoms with Crippen LogP contribution in [-0.4, -0.2) is 29.5 Å². The summed E-state index contributed by atoms with van der Waals surface area (Å²) in [5.41, 5.74) is 6.69. The molecule has 0 bridgehead atoms. The molecule has 82 valence electrons. The van der Waals surface area contributed by atoms with Gasteiger partial charge >= 0.3 is 0 Å². The second kappa shape index (κ2) is 4.92. The zero-order valence-electron chi connectivity index (χ0n) is 8.69. The molecule has 0 saturated carbocycles. The molecule has 0 aliphatic carbocycles. The molecule has 1 aromatic heterocycles. The lowest BCUT2D eigenvalue weighted by Gasteiger charge is -2.14. The third-order valence-electron chi connectivity index (χ3n) is 2.86. The summed E-state index contributed by atoms with van der Waals surface area (Å²) in [5.74, 6) is 0.657. The van der Waals surface area contributed by atoms with Gasteiger partial charge in [-0.1, -0.05) is 17.7 Å². The van der Waals surface area contributed by atoms with Crippen molar-refractivity contribution in [3.05, 3.63) is 29.0 Å². The Morgan fingerprint density at radius 2 is 2.40 bits per heavy atom. The van der Waals surface area contributed by atoms with Gasteiger partial charge in [0.05, 0.1) is 5.69 Å². The van der Waals surface area contributed by atoms with Gasteiger partial charge in [0.15, 0.2) is 0 Å². The van der Waals surface area contributed by atoms with Crippen molar-refractivity contribution in [1.29, 1.82) is 0 Å². The van der Waals surface area contributed by atoms with Crippen LogP contribution >= 0.6 is 11.6 Å². The third-order valence-corrected chi connectivity index (χ3v) is 3.07. The molecule has 0 radical (unpaired) electrons. The first-order valence-electron chi connectivity index (χ1n) is 5.32. The number of hydrogen-bond donors (Lipinski definition) is 1. The topological polar surface area (TPSA) is 42.1 Å². The van der Waals surface area contributed by atoms with Crippen LogP contribution in [0.25, 0.3) is 0 Å². The van der Waals surface area contributed by atoms with Gasteiger partial charge in [-0.25, -0.2) is 4.98 Å². The van der Waals surface area contributed by atoms with Crippen molar-refractivity contribution < 1.29 is 0 Å². The average Bonchev–Trinajstić information content (AvgIpc) is 2.65. The summed E-state index contributed by atoms with van der Waals surface area (Å²) in [6.07, 6.45) is 1.21. The fourth-order valence-electron chi connectivity index (χ4n) is 2.02. The molecular weight excluding hydrogens is 210 g/mol. The Balaban J connectivity index is 1.92. The quantitative estimate of drug-likeness (QED) is 0.794. The molecule has 2 N–H and O–H groups in total. The van der Waals surface area contributed by atoms with Crippen LogP contribution in [-0.2, 0) is 6.54 Å². The van der Waals surface area contributed by atoms with Gasteiger partial charge in [-0.05, 0) is 37.6 Å². The van der Waals surface area contributed by atoms with Crippen LogP contribution < -0.4 is 5.73 Å². The van der Waals surface area contributed by atoms with Crippen molar-refractivity contribution in [2.75, 3.05) is 19.6 Å². The Kier molecular flexibility index (Phi) is 3.57. The Labute approximate surface area is 95.2 Å². The molecular formula is C11H16ClN3. The number of rotatable bonds is 3. The van der Waals surface area contributed by atoms with E-state index < -0.39 is 0 Å². The first kappa shape index (κ1) is 10.9. The highest BCUT2D eigenvalue weighted by Gasteiger charge is 2.21. The number of hydrogen-bond acceptors (Lipinski definition) is 3. The second-order valence-electron chi connectivity index (χ2n) is 4.08. The van der Waals surface area contributed by atoms with E-state index in [1.165, 1.54) is 6.42 Å². The van der Waals surface area contributed by atoms with Crippen LogP contribution in [0.15, 0.2) is 18.2 Å². The van der Waals surface area contributed by atoms with Gasteiger partial charge < -0.3 is 5.73 Å². The second-order valence-corrected chi connectivity index (χ2v) is 4.46. The summed E-state index contributed by atoms with van der Waals surface area (Å²) in [6.45, 7) is 3.89. The molecule has 2 rings (SSSR count). The molecule has 2 heterocycles. The van der Waals surface area contributed by atoms with Crippen molar-refractivity contribution >= 4 is 11.6 Å². The van der Waals surface area contributed by atoms with Crippen molar-refractivity contribution in [2.45, 2.75) is 13.0 Å². The maximum absolute atomic E-state index is 5.84. The standard InChI is InChI=1S/C11H16ClN3/c12-11-3-1-2-10(14-11)8-15-5-4-9(6-13)7-15/h1-3,9H,4-8,13H2. The summed E-state index contributed by atoms with van der Waals surface area (Å²) >= 11 is 5.84. The zero-order valence-corrected chi connectivity index (χ0v) is 9.45. The van der Waals surface area contributed by atoms with Gasteiger partial charge in [0.25, 0.3) is 0 Å². The van der Waals surface area contributed by atoms with Crippen LogP contribution in [0.5, 0.6) is 0 Å². The van der Waals surface area contributed by atoms with E-state index in [4.69, 9.17) is 17.3 Å². The molecule has 1 aliphatic heterocycles. The molecule has 1 saturated heterocycles. The van der Waals surface area contributed by atoms with Gasteiger partial charge in [-0.3, -0.25) is 4.90 Å². The Bertz CT molecular complexity index is 329. The van der Waals surface area contributed by atoms with E-state index >= 15 is 0 Å². The van der Waals surface area contributed by atoms with Crippen molar-refractivity contribution in [3.8, 4) is 0 Å². The minimum atomic E-state index is 0.571. The first-order valence-corrected chi connectivity index (χ1v) is 5.69. The lowest BCUT2D eigenvalue weighted by Crippen LogP contribution is -2.23. The molecule has 1 atom stereocenters. The molecule has 0 aromatic carbocycles. The van der Waals surface area contributed by atoms with Gasteiger partial charge in [0, 0.05) is 13.1 Å². The average molecular weight is 226 g/mol. The van der Waals surface area contributed by atoms with Crippen LogP contribution in [0.2, 0.25) is 5.15 Å². The predicted octanol–water partition coefficient (Wildman–Crippen LogP) is 1.52. The number of nitrogens with zero attached hydrogens (tertiary/aromatic N) is 2. The van der Waals surface area contributed by atoms with Crippen LogP contribution in [0.3, 0.4) is 0 Å². The lowest BCUT2D eigenvalue weighted by molar-refractivity contribution is 0.314. The molecule has 1 aromatic rings. The van der Waals surface area contributed by atoms with Crippen molar-refractivity contribution in [3.63, 3.8) is 0 Å². The minimum absolute atomic E-state index is 0.571. The fourth-order valence-corrected chi connectivity index (χ4v) is 2.20. The normalized spacial score (nSPS) is 22.1. The lowest BCUT2D eigenvalue weighted by atomic mass is 10.1. The maximum Gasteiger partial charge on any atom is 0.129 e. The van der Waals surface area contributed by atoms with E-state index in [1.807, 2.05) is 12.1 Å². The Morgan fingerprint density at radius 1 is 1.53 bits per heavy atom.